The van der Waals surface area contributed by atoms with Crippen molar-refractivity contribution in [2.45, 2.75) is 32.2 Å². The van der Waals surface area contributed by atoms with Gasteiger partial charge in [-0.05, 0) is 94.7 Å². The second-order valence-corrected chi connectivity index (χ2v) is 10.8. The molecular formula is C30H28N6S. The Kier molecular flexibility index (Phi) is 5.79. The van der Waals surface area contributed by atoms with Gasteiger partial charge in [-0.15, -0.1) is 0 Å². The van der Waals surface area contributed by atoms with Crippen LogP contribution in [0.25, 0.3) is 55.6 Å². The molecule has 0 spiro atoms. The Morgan fingerprint density at radius 2 is 1.89 bits per heavy atom. The number of rotatable bonds is 7. The summed E-state index contributed by atoms with van der Waals surface area (Å²) in [4.78, 5) is 12.6. The Morgan fingerprint density at radius 3 is 2.78 bits per heavy atom. The zero-order valence-corrected chi connectivity index (χ0v) is 21.3. The van der Waals surface area contributed by atoms with Crippen LogP contribution in [0.4, 0.5) is 0 Å². The molecule has 5 aromatic heterocycles. The van der Waals surface area contributed by atoms with Crippen LogP contribution in [0.1, 0.15) is 31.2 Å². The van der Waals surface area contributed by atoms with Gasteiger partial charge in [0.2, 0.25) is 0 Å². The number of nitrogens with zero attached hydrogens (tertiary/aromatic N) is 3. The van der Waals surface area contributed by atoms with Crippen LogP contribution in [-0.2, 0) is 6.54 Å². The van der Waals surface area contributed by atoms with Crippen LogP contribution in [-0.4, -0.2) is 31.7 Å². The molecule has 0 saturated heterocycles. The van der Waals surface area contributed by atoms with Crippen molar-refractivity contribution in [3.05, 3.63) is 77.4 Å². The zero-order chi connectivity index (χ0) is 24.6. The van der Waals surface area contributed by atoms with Crippen molar-refractivity contribution in [1.82, 2.24) is 30.5 Å². The predicted octanol–water partition coefficient (Wildman–Crippen LogP) is 7.18. The summed E-state index contributed by atoms with van der Waals surface area (Å²) < 4.78 is 0. The molecule has 1 aromatic carbocycles. The van der Waals surface area contributed by atoms with E-state index in [4.69, 9.17) is 0 Å². The van der Waals surface area contributed by atoms with Crippen LogP contribution in [0.2, 0.25) is 0 Å². The van der Waals surface area contributed by atoms with Gasteiger partial charge in [-0.3, -0.25) is 10.1 Å². The summed E-state index contributed by atoms with van der Waals surface area (Å²) in [5, 5.41) is 18.0. The molecule has 5 heterocycles. The number of hydrogen-bond donors (Lipinski definition) is 3. The van der Waals surface area contributed by atoms with E-state index in [1.807, 2.05) is 18.6 Å². The number of fused-ring (bicyclic) bond motifs is 2. The van der Waals surface area contributed by atoms with E-state index in [1.54, 1.807) is 11.3 Å². The topological polar surface area (TPSA) is 82.3 Å². The van der Waals surface area contributed by atoms with Gasteiger partial charge < -0.3 is 10.3 Å². The average molecular weight is 505 g/mol. The van der Waals surface area contributed by atoms with E-state index in [9.17, 15) is 0 Å². The molecule has 1 aliphatic rings. The van der Waals surface area contributed by atoms with E-state index >= 15 is 0 Å². The summed E-state index contributed by atoms with van der Waals surface area (Å²) in [6.45, 7) is 1.95. The number of aromatic amines is 2. The van der Waals surface area contributed by atoms with E-state index in [1.165, 1.54) is 42.4 Å². The van der Waals surface area contributed by atoms with Gasteiger partial charge in [0.25, 0.3) is 0 Å². The van der Waals surface area contributed by atoms with Crippen molar-refractivity contribution in [2.75, 3.05) is 6.54 Å². The summed E-state index contributed by atoms with van der Waals surface area (Å²) >= 11 is 1.70. The summed E-state index contributed by atoms with van der Waals surface area (Å²) in [6, 6.07) is 15.1. The number of nitrogens with one attached hydrogen (secondary N) is 3. The number of benzene rings is 1. The van der Waals surface area contributed by atoms with Crippen molar-refractivity contribution in [2.24, 2.45) is 5.92 Å². The molecule has 3 N–H and O–H groups in total. The van der Waals surface area contributed by atoms with E-state index in [0.29, 0.717) is 0 Å². The van der Waals surface area contributed by atoms with Gasteiger partial charge in [0.1, 0.15) is 11.3 Å². The quantitative estimate of drug-likeness (QED) is 0.215. The van der Waals surface area contributed by atoms with Gasteiger partial charge >= 0.3 is 0 Å². The Bertz CT molecular complexity index is 1670. The molecule has 7 heteroatoms. The SMILES string of the molecule is c1cc(-c2ccsc2)c2cc(-c3n[nH]c4ccc(-c5cncc(CNCC6CCCC6)c5)cc34)[nH]c2n1. The van der Waals surface area contributed by atoms with E-state index < -0.39 is 0 Å². The highest BCUT2D eigenvalue weighted by molar-refractivity contribution is 7.08. The minimum Gasteiger partial charge on any atom is -0.338 e. The minimum atomic E-state index is 0.833. The minimum absolute atomic E-state index is 0.833. The Balaban J connectivity index is 1.20. The van der Waals surface area contributed by atoms with Gasteiger partial charge in [-0.2, -0.15) is 16.4 Å². The van der Waals surface area contributed by atoms with Crippen LogP contribution in [0.15, 0.2) is 71.8 Å². The van der Waals surface area contributed by atoms with E-state index in [2.05, 4.69) is 83.7 Å². The monoisotopic (exact) mass is 504 g/mol. The first-order valence-electron chi connectivity index (χ1n) is 13.0. The van der Waals surface area contributed by atoms with Gasteiger partial charge in [-0.1, -0.05) is 18.9 Å². The second-order valence-electron chi connectivity index (χ2n) is 10.0. The number of H-pyrrole nitrogens is 2. The van der Waals surface area contributed by atoms with Gasteiger partial charge in [0, 0.05) is 41.5 Å². The first-order valence-corrected chi connectivity index (χ1v) is 13.9. The van der Waals surface area contributed by atoms with Crippen LogP contribution < -0.4 is 5.32 Å². The number of thiophene rings is 1. The molecule has 0 atom stereocenters. The fourth-order valence-electron chi connectivity index (χ4n) is 5.60. The fourth-order valence-corrected chi connectivity index (χ4v) is 6.26. The average Bonchev–Trinajstić information content (AvgIpc) is 3.74. The third-order valence-corrected chi connectivity index (χ3v) is 8.23. The van der Waals surface area contributed by atoms with Crippen LogP contribution in [0, 0.1) is 5.92 Å². The lowest BCUT2D eigenvalue weighted by molar-refractivity contribution is 0.489. The van der Waals surface area contributed by atoms with Crippen molar-refractivity contribution in [1.29, 1.82) is 0 Å². The van der Waals surface area contributed by atoms with Crippen molar-refractivity contribution in [3.8, 4) is 33.6 Å². The molecule has 7 rings (SSSR count). The lowest BCUT2D eigenvalue weighted by Gasteiger charge is -2.11. The predicted molar refractivity (Wildman–Crippen MR) is 151 cm³/mol. The standard InChI is InChI=1S/C30H28N6S/c1-2-4-19(3-1)14-31-15-20-11-23(17-32-16-20)21-5-6-27-26(12-21)29(36-35-27)28-13-25-24(22-8-10-37-18-22)7-9-33-30(25)34-28/h5-13,16-19,31H,1-4,14-15H2,(H,33,34)(H,35,36). The highest BCUT2D eigenvalue weighted by Gasteiger charge is 2.16. The number of aromatic nitrogens is 5. The molecule has 1 aliphatic carbocycles. The van der Waals surface area contributed by atoms with Crippen LogP contribution in [0.5, 0.6) is 0 Å². The van der Waals surface area contributed by atoms with Gasteiger partial charge in [0.15, 0.2) is 0 Å². The molecule has 37 heavy (non-hydrogen) atoms. The molecule has 0 radical (unpaired) electrons. The molecule has 1 fully saturated rings. The highest BCUT2D eigenvalue weighted by Crippen LogP contribution is 2.35. The Labute approximate surface area is 219 Å². The lowest BCUT2D eigenvalue weighted by Crippen LogP contribution is -2.20. The molecule has 1 saturated carbocycles. The first-order chi connectivity index (χ1) is 18.3. The van der Waals surface area contributed by atoms with Crippen LogP contribution >= 0.6 is 11.3 Å². The molecular weight excluding hydrogens is 476 g/mol. The third kappa shape index (κ3) is 4.34. The molecule has 184 valence electrons. The Hall–Kier alpha value is -3.81. The van der Waals surface area contributed by atoms with Gasteiger partial charge in [0.05, 0.1) is 11.2 Å². The van der Waals surface area contributed by atoms with E-state index in [0.717, 1.165) is 63.5 Å². The molecule has 6 nitrogen and oxygen atoms in total. The largest absolute Gasteiger partial charge is 0.338 e. The maximum atomic E-state index is 4.68. The fraction of sp³-hybridized carbons (Fsp3) is 0.233. The maximum absolute atomic E-state index is 4.68. The van der Waals surface area contributed by atoms with Crippen molar-refractivity contribution in [3.63, 3.8) is 0 Å². The molecule has 0 amide bonds. The van der Waals surface area contributed by atoms with Crippen LogP contribution in [0.3, 0.4) is 0 Å². The molecule has 6 aromatic rings. The Morgan fingerprint density at radius 1 is 0.946 bits per heavy atom. The third-order valence-electron chi connectivity index (χ3n) is 7.55. The van der Waals surface area contributed by atoms with E-state index in [-0.39, 0.29) is 0 Å². The van der Waals surface area contributed by atoms with Crippen molar-refractivity contribution >= 4 is 33.3 Å². The van der Waals surface area contributed by atoms with Crippen molar-refractivity contribution < 1.29 is 0 Å². The normalized spacial score (nSPS) is 14.3. The maximum Gasteiger partial charge on any atom is 0.138 e. The number of hydrogen-bond acceptors (Lipinski definition) is 5. The van der Waals surface area contributed by atoms with Gasteiger partial charge in [-0.25, -0.2) is 4.98 Å². The second kappa shape index (κ2) is 9.57. The number of pyridine rings is 2. The highest BCUT2D eigenvalue weighted by atomic mass is 32.1. The lowest BCUT2D eigenvalue weighted by atomic mass is 10.0. The smallest absolute Gasteiger partial charge is 0.138 e. The first kappa shape index (κ1) is 22.4. The summed E-state index contributed by atoms with van der Waals surface area (Å²) in [7, 11) is 0. The molecule has 0 unspecified atom stereocenters. The summed E-state index contributed by atoms with van der Waals surface area (Å²) in [6.07, 6.45) is 11.3. The summed E-state index contributed by atoms with van der Waals surface area (Å²) in [5.41, 5.74) is 9.58. The zero-order valence-electron chi connectivity index (χ0n) is 20.5. The summed E-state index contributed by atoms with van der Waals surface area (Å²) in [5.74, 6) is 0.833. The molecule has 0 aliphatic heterocycles. The molecule has 0 bridgehead atoms.